The fourth-order valence-corrected chi connectivity index (χ4v) is 4.91. The van der Waals surface area contributed by atoms with Gasteiger partial charge >= 0.3 is 0 Å². The van der Waals surface area contributed by atoms with Crippen molar-refractivity contribution in [3.05, 3.63) is 91.0 Å². The summed E-state index contributed by atoms with van der Waals surface area (Å²) in [7, 11) is 0. The van der Waals surface area contributed by atoms with Gasteiger partial charge < -0.3 is 14.8 Å². The molecule has 0 aromatic heterocycles. The predicted octanol–water partition coefficient (Wildman–Crippen LogP) is 7.76. The number of nitrogens with zero attached hydrogens (tertiary/aromatic N) is 1. The molecule has 0 spiro atoms. The van der Waals surface area contributed by atoms with E-state index in [1.807, 2.05) is 6.92 Å². The van der Waals surface area contributed by atoms with Crippen LogP contribution in [0.25, 0.3) is 6.08 Å². The number of carbonyl (C=O) groups excluding carboxylic acids is 1. The zero-order valence-electron chi connectivity index (χ0n) is 18.3. The number of carbonyl (C=O) groups is 1. The Morgan fingerprint density at radius 3 is 2.71 bits per heavy atom. The first-order valence-electron chi connectivity index (χ1n) is 10.4. The lowest BCUT2D eigenvalue weighted by atomic mass is 10.1. The standard InChI is InChI=1S/C25H18BrCl2FN2O3S/c1-2-33-20-11-14(10-16(26)23(20)34-13-15-6-3-4-8-18(15)29)12-21-24(32)31-25(35-21)30-19-9-5-7-17(27)22(19)28/h3-12H,2,13H2,1H3,(H,30,31,32)/b21-12+. The van der Waals surface area contributed by atoms with Gasteiger partial charge in [-0.1, -0.05) is 47.5 Å². The third-order valence-electron chi connectivity index (χ3n) is 4.76. The minimum atomic E-state index is -0.344. The van der Waals surface area contributed by atoms with Crippen molar-refractivity contribution >= 4 is 73.7 Å². The molecule has 1 heterocycles. The minimum Gasteiger partial charge on any atom is -0.490 e. The van der Waals surface area contributed by atoms with Crippen molar-refractivity contribution in [2.45, 2.75) is 13.5 Å². The number of benzene rings is 3. The molecule has 3 aromatic rings. The van der Waals surface area contributed by atoms with Gasteiger partial charge in [0.25, 0.3) is 5.91 Å². The molecule has 1 saturated heterocycles. The van der Waals surface area contributed by atoms with Gasteiger partial charge in [0.15, 0.2) is 16.7 Å². The van der Waals surface area contributed by atoms with Crippen LogP contribution in [0.4, 0.5) is 10.1 Å². The summed E-state index contributed by atoms with van der Waals surface area (Å²) in [5.74, 6) is 0.274. The fourth-order valence-electron chi connectivity index (χ4n) is 3.16. The molecule has 180 valence electrons. The van der Waals surface area contributed by atoms with Crippen LogP contribution < -0.4 is 14.8 Å². The van der Waals surface area contributed by atoms with Gasteiger partial charge in [0, 0.05) is 5.56 Å². The first kappa shape index (κ1) is 25.6. The van der Waals surface area contributed by atoms with Crippen molar-refractivity contribution in [3.8, 4) is 11.5 Å². The Balaban J connectivity index is 1.58. The lowest BCUT2D eigenvalue weighted by Crippen LogP contribution is -2.19. The number of nitrogens with one attached hydrogen (secondary N) is 1. The zero-order chi connectivity index (χ0) is 24.9. The van der Waals surface area contributed by atoms with Crippen LogP contribution >= 0.6 is 50.9 Å². The number of thioether (sulfide) groups is 1. The van der Waals surface area contributed by atoms with E-state index >= 15 is 0 Å². The van der Waals surface area contributed by atoms with Gasteiger partial charge in [-0.15, -0.1) is 0 Å². The lowest BCUT2D eigenvalue weighted by Gasteiger charge is -2.15. The maximum Gasteiger partial charge on any atom is 0.264 e. The van der Waals surface area contributed by atoms with Crippen LogP contribution in [0.2, 0.25) is 10.0 Å². The Hall–Kier alpha value is -2.52. The minimum absolute atomic E-state index is 0.0376. The van der Waals surface area contributed by atoms with Gasteiger partial charge in [-0.05, 0) is 76.6 Å². The van der Waals surface area contributed by atoms with Crippen molar-refractivity contribution in [3.63, 3.8) is 0 Å². The third kappa shape index (κ3) is 6.19. The van der Waals surface area contributed by atoms with Gasteiger partial charge in [0.1, 0.15) is 12.4 Å². The first-order valence-corrected chi connectivity index (χ1v) is 12.8. The Labute approximate surface area is 224 Å². The lowest BCUT2D eigenvalue weighted by molar-refractivity contribution is -0.115. The number of amidine groups is 1. The first-order chi connectivity index (χ1) is 16.9. The highest BCUT2D eigenvalue weighted by atomic mass is 79.9. The summed E-state index contributed by atoms with van der Waals surface area (Å²) in [6.07, 6.45) is 1.72. The molecule has 4 rings (SSSR count). The smallest absolute Gasteiger partial charge is 0.264 e. The van der Waals surface area contributed by atoms with Crippen LogP contribution in [0.1, 0.15) is 18.1 Å². The van der Waals surface area contributed by atoms with Gasteiger partial charge in [-0.2, -0.15) is 0 Å². The van der Waals surface area contributed by atoms with E-state index in [-0.39, 0.29) is 18.3 Å². The average Bonchev–Trinajstić information content (AvgIpc) is 3.16. The molecule has 1 N–H and O–H groups in total. The summed E-state index contributed by atoms with van der Waals surface area (Å²) < 4.78 is 26.2. The molecule has 1 fully saturated rings. The molecule has 5 nitrogen and oxygen atoms in total. The molecule has 1 aliphatic heterocycles. The second-order valence-electron chi connectivity index (χ2n) is 7.20. The number of hydrogen-bond donors (Lipinski definition) is 1. The molecular formula is C25H18BrCl2FN2O3S. The van der Waals surface area contributed by atoms with Gasteiger partial charge in [0.2, 0.25) is 0 Å². The highest BCUT2D eigenvalue weighted by molar-refractivity contribution is 9.10. The molecule has 0 unspecified atom stereocenters. The normalized spacial score (nSPS) is 15.5. The molecule has 0 aliphatic carbocycles. The second kappa shape index (κ2) is 11.5. The highest BCUT2D eigenvalue weighted by Gasteiger charge is 2.25. The molecule has 1 amide bonds. The topological polar surface area (TPSA) is 59.9 Å². The van der Waals surface area contributed by atoms with Crippen LogP contribution in [0, 0.1) is 5.82 Å². The van der Waals surface area contributed by atoms with Crippen molar-refractivity contribution in [1.29, 1.82) is 0 Å². The summed E-state index contributed by atoms with van der Waals surface area (Å²) in [5, 5.41) is 3.81. The van der Waals surface area contributed by atoms with Crippen LogP contribution in [-0.2, 0) is 11.4 Å². The zero-order valence-corrected chi connectivity index (χ0v) is 22.2. The summed E-state index contributed by atoms with van der Waals surface area (Å²) in [6, 6.07) is 15.1. The maximum absolute atomic E-state index is 14.0. The maximum atomic E-state index is 14.0. The van der Waals surface area contributed by atoms with E-state index < -0.39 is 0 Å². The van der Waals surface area contributed by atoms with Gasteiger partial charge in [-0.25, -0.2) is 9.38 Å². The van der Waals surface area contributed by atoms with Crippen molar-refractivity contribution in [2.24, 2.45) is 4.99 Å². The quantitative estimate of drug-likeness (QED) is 0.284. The summed E-state index contributed by atoms with van der Waals surface area (Å²) >= 11 is 16.9. The van der Waals surface area contributed by atoms with E-state index in [1.165, 1.54) is 17.8 Å². The van der Waals surface area contributed by atoms with E-state index in [2.05, 4.69) is 26.2 Å². The number of rotatable bonds is 7. The van der Waals surface area contributed by atoms with Crippen LogP contribution in [0.3, 0.4) is 0 Å². The molecule has 1 aliphatic rings. The van der Waals surface area contributed by atoms with E-state index in [0.29, 0.717) is 59.5 Å². The Bertz CT molecular complexity index is 1350. The average molecular weight is 596 g/mol. The van der Waals surface area contributed by atoms with E-state index in [4.69, 9.17) is 32.7 Å². The number of ether oxygens (including phenoxy) is 2. The Morgan fingerprint density at radius 1 is 1.14 bits per heavy atom. The van der Waals surface area contributed by atoms with Crippen molar-refractivity contribution in [1.82, 2.24) is 5.32 Å². The van der Waals surface area contributed by atoms with Crippen LogP contribution in [-0.4, -0.2) is 17.7 Å². The SMILES string of the molecule is CCOc1cc(/C=C2/SC(=Nc3cccc(Cl)c3Cl)NC2=O)cc(Br)c1OCc1ccccc1F. The number of halogens is 4. The predicted molar refractivity (Wildman–Crippen MR) is 143 cm³/mol. The van der Waals surface area contributed by atoms with E-state index in [1.54, 1.807) is 54.6 Å². The number of amides is 1. The van der Waals surface area contributed by atoms with Crippen molar-refractivity contribution in [2.75, 3.05) is 6.61 Å². The summed E-state index contributed by atoms with van der Waals surface area (Å²) in [5.41, 5.74) is 1.60. The summed E-state index contributed by atoms with van der Waals surface area (Å²) in [6.45, 7) is 2.29. The molecule has 0 saturated carbocycles. The van der Waals surface area contributed by atoms with Crippen LogP contribution in [0.15, 0.2) is 69.0 Å². The molecule has 0 radical (unpaired) electrons. The molecule has 0 bridgehead atoms. The molecule has 3 aromatic carbocycles. The Kier molecular flexibility index (Phi) is 8.38. The summed E-state index contributed by atoms with van der Waals surface area (Å²) in [4.78, 5) is 17.4. The largest absolute Gasteiger partial charge is 0.490 e. The van der Waals surface area contributed by atoms with E-state index in [9.17, 15) is 9.18 Å². The number of aliphatic imine (C=N–C) groups is 1. The van der Waals surface area contributed by atoms with Crippen LogP contribution in [0.5, 0.6) is 11.5 Å². The second-order valence-corrected chi connectivity index (χ2v) is 9.87. The molecular weight excluding hydrogens is 578 g/mol. The van der Waals surface area contributed by atoms with E-state index in [0.717, 1.165) is 0 Å². The highest BCUT2D eigenvalue weighted by Crippen LogP contribution is 2.39. The van der Waals surface area contributed by atoms with Gasteiger partial charge in [0.05, 0.1) is 31.7 Å². The fraction of sp³-hybridized carbons (Fsp3) is 0.120. The molecule has 35 heavy (non-hydrogen) atoms. The third-order valence-corrected chi connectivity index (χ3v) is 7.07. The van der Waals surface area contributed by atoms with Gasteiger partial charge in [-0.3, -0.25) is 4.79 Å². The molecule has 10 heteroatoms. The monoisotopic (exact) mass is 594 g/mol. The molecule has 0 atom stereocenters. The Morgan fingerprint density at radius 2 is 1.94 bits per heavy atom. The van der Waals surface area contributed by atoms with Crippen molar-refractivity contribution < 1.29 is 18.7 Å². The number of hydrogen-bond acceptors (Lipinski definition) is 5.